The largest absolute Gasteiger partial charge is 0.433 e. The van der Waals surface area contributed by atoms with Crippen LogP contribution in [0.25, 0.3) is 5.78 Å². The highest BCUT2D eigenvalue weighted by atomic mass is 19.4. The fourth-order valence-corrected chi connectivity index (χ4v) is 3.05. The lowest BCUT2D eigenvalue weighted by Gasteiger charge is -2.32. The quantitative estimate of drug-likeness (QED) is 0.925. The van der Waals surface area contributed by atoms with Crippen LogP contribution >= 0.6 is 0 Å². The summed E-state index contributed by atoms with van der Waals surface area (Å²) in [5.41, 5.74) is 4.77. The Bertz CT molecular complexity index is 727. The highest BCUT2D eigenvalue weighted by Gasteiger charge is 2.35. The molecule has 9 heteroatoms. The Balaban J connectivity index is 1.97. The second-order valence-electron chi connectivity index (χ2n) is 5.70. The van der Waals surface area contributed by atoms with Crippen LogP contribution in [0.1, 0.15) is 30.1 Å². The van der Waals surface area contributed by atoms with E-state index >= 15 is 0 Å². The van der Waals surface area contributed by atoms with Gasteiger partial charge in [-0.1, -0.05) is 0 Å². The Morgan fingerprint density at radius 1 is 1.43 bits per heavy atom. The summed E-state index contributed by atoms with van der Waals surface area (Å²) in [7, 11) is 0. The minimum atomic E-state index is -4.52. The minimum Gasteiger partial charge on any atom is -0.369 e. The van der Waals surface area contributed by atoms with Crippen LogP contribution in [0.15, 0.2) is 18.5 Å². The molecule has 0 saturated carbocycles. The second kappa shape index (κ2) is 5.80. The third kappa shape index (κ3) is 3.29. The third-order valence-corrected chi connectivity index (χ3v) is 4.00. The Morgan fingerprint density at radius 2 is 2.22 bits per heavy atom. The van der Waals surface area contributed by atoms with Crippen LogP contribution in [0.5, 0.6) is 0 Å². The summed E-state index contributed by atoms with van der Waals surface area (Å²) in [6.07, 6.45) is 0.0343. The summed E-state index contributed by atoms with van der Waals surface area (Å²) >= 11 is 0. The van der Waals surface area contributed by atoms with Crippen LogP contribution < -0.4 is 5.73 Å². The van der Waals surface area contributed by atoms with Gasteiger partial charge in [-0.05, 0) is 25.5 Å². The van der Waals surface area contributed by atoms with Crippen LogP contribution in [0.4, 0.5) is 13.2 Å². The number of halogens is 3. The number of alkyl halides is 3. The average molecular weight is 327 g/mol. The van der Waals surface area contributed by atoms with Crippen LogP contribution in [-0.2, 0) is 11.0 Å². The molecule has 0 aromatic carbocycles. The van der Waals surface area contributed by atoms with E-state index in [2.05, 4.69) is 9.97 Å². The van der Waals surface area contributed by atoms with Gasteiger partial charge in [-0.2, -0.15) is 13.2 Å². The number of nitrogens with zero attached hydrogens (tertiary/aromatic N) is 4. The number of fused-ring (bicyclic) bond motifs is 1. The fourth-order valence-electron chi connectivity index (χ4n) is 3.05. The van der Waals surface area contributed by atoms with Gasteiger partial charge in [0.25, 0.3) is 0 Å². The lowest BCUT2D eigenvalue weighted by molar-refractivity contribution is -0.141. The summed E-state index contributed by atoms with van der Waals surface area (Å²) in [5, 5.41) is 0. The first kappa shape index (κ1) is 15.7. The number of hydrogen-bond donors (Lipinski definition) is 1. The number of likely N-dealkylation sites (tertiary alicyclic amines) is 1. The molecule has 0 aliphatic carbocycles. The topological polar surface area (TPSA) is 76.5 Å². The summed E-state index contributed by atoms with van der Waals surface area (Å²) in [5.74, 6) is -0.546. The number of amides is 1. The van der Waals surface area contributed by atoms with Crippen molar-refractivity contribution in [3.05, 3.63) is 29.8 Å². The molecule has 1 amide bonds. The molecular formula is C14H16F3N5O. The zero-order valence-corrected chi connectivity index (χ0v) is 12.3. The number of hydrogen-bond acceptors (Lipinski definition) is 4. The van der Waals surface area contributed by atoms with Gasteiger partial charge < -0.3 is 5.73 Å². The van der Waals surface area contributed by atoms with Crippen molar-refractivity contribution in [1.82, 2.24) is 19.3 Å². The van der Waals surface area contributed by atoms with E-state index in [1.165, 1.54) is 6.20 Å². The maximum Gasteiger partial charge on any atom is 0.433 e. The molecule has 3 heterocycles. The lowest BCUT2D eigenvalue weighted by atomic mass is 9.94. The van der Waals surface area contributed by atoms with E-state index in [0.29, 0.717) is 18.8 Å². The first-order chi connectivity index (χ1) is 10.8. The number of carbonyl (C=O) groups excluding carboxylic acids is 1. The van der Waals surface area contributed by atoms with Crippen molar-refractivity contribution in [3.63, 3.8) is 0 Å². The molecule has 2 N–H and O–H groups in total. The zero-order chi connectivity index (χ0) is 16.6. The Hall–Kier alpha value is -2.16. The molecule has 1 atom stereocenters. The molecule has 1 aliphatic rings. The van der Waals surface area contributed by atoms with Crippen molar-refractivity contribution in [3.8, 4) is 0 Å². The van der Waals surface area contributed by atoms with E-state index in [4.69, 9.17) is 5.73 Å². The van der Waals surface area contributed by atoms with Gasteiger partial charge in [0.05, 0.1) is 6.54 Å². The highest BCUT2D eigenvalue weighted by molar-refractivity contribution is 5.75. The van der Waals surface area contributed by atoms with Gasteiger partial charge in [-0.15, -0.1) is 0 Å². The van der Waals surface area contributed by atoms with E-state index in [0.717, 1.165) is 18.9 Å². The van der Waals surface area contributed by atoms with E-state index in [1.807, 2.05) is 4.90 Å². The first-order valence-electron chi connectivity index (χ1n) is 7.26. The van der Waals surface area contributed by atoms with Crippen LogP contribution in [-0.4, -0.2) is 44.8 Å². The van der Waals surface area contributed by atoms with E-state index in [9.17, 15) is 18.0 Å². The Kier molecular flexibility index (Phi) is 3.97. The predicted octanol–water partition coefficient (Wildman–Crippen LogP) is 1.41. The van der Waals surface area contributed by atoms with Gasteiger partial charge in [0.15, 0.2) is 0 Å². The summed E-state index contributed by atoms with van der Waals surface area (Å²) in [6, 6.07) is 1.08. The maximum atomic E-state index is 13.0. The minimum absolute atomic E-state index is 0.0295. The Morgan fingerprint density at radius 3 is 2.91 bits per heavy atom. The molecule has 1 fully saturated rings. The van der Waals surface area contributed by atoms with Gasteiger partial charge in [-0.3, -0.25) is 14.1 Å². The first-order valence-corrected chi connectivity index (χ1v) is 7.26. The number of imidazole rings is 1. The van der Waals surface area contributed by atoms with Gasteiger partial charge in [0.1, 0.15) is 5.69 Å². The smallest absolute Gasteiger partial charge is 0.369 e. The number of piperidine rings is 1. The van der Waals surface area contributed by atoms with Crippen molar-refractivity contribution in [2.75, 3.05) is 19.6 Å². The SMILES string of the molecule is NC(=O)CN1CCC[C@H](c2cc(C(F)(F)F)nc3nccn23)C1. The molecule has 0 spiro atoms. The fraction of sp³-hybridized carbons (Fsp3) is 0.500. The normalized spacial score (nSPS) is 20.0. The van der Waals surface area contributed by atoms with Crippen molar-refractivity contribution in [2.45, 2.75) is 24.9 Å². The average Bonchev–Trinajstić information content (AvgIpc) is 2.93. The molecule has 0 bridgehead atoms. The monoisotopic (exact) mass is 327 g/mol. The molecule has 23 heavy (non-hydrogen) atoms. The zero-order valence-electron chi connectivity index (χ0n) is 12.3. The number of rotatable bonds is 3. The van der Waals surface area contributed by atoms with Gasteiger partial charge in [0.2, 0.25) is 11.7 Å². The van der Waals surface area contributed by atoms with E-state index in [1.54, 1.807) is 10.6 Å². The Labute approximate surface area is 130 Å². The van der Waals surface area contributed by atoms with Crippen molar-refractivity contribution < 1.29 is 18.0 Å². The molecule has 6 nitrogen and oxygen atoms in total. The van der Waals surface area contributed by atoms with E-state index in [-0.39, 0.29) is 18.2 Å². The molecule has 1 aliphatic heterocycles. The van der Waals surface area contributed by atoms with E-state index < -0.39 is 17.8 Å². The van der Waals surface area contributed by atoms with Crippen LogP contribution in [0.2, 0.25) is 0 Å². The number of carbonyl (C=O) groups is 1. The standard InChI is InChI=1S/C14H16F3N5O/c15-14(16,17)11-6-10(22-5-3-19-13(22)20-11)9-2-1-4-21(7-9)8-12(18)23/h3,5-6,9H,1-2,4,7-8H2,(H2,18,23)/t9-/m0/s1. The third-order valence-electron chi connectivity index (χ3n) is 4.00. The molecule has 1 saturated heterocycles. The number of nitrogens with two attached hydrogens (primary N) is 1. The van der Waals surface area contributed by atoms with Crippen LogP contribution in [0, 0.1) is 0 Å². The maximum absolute atomic E-state index is 13.0. The molecule has 2 aromatic rings. The van der Waals surface area contributed by atoms with Gasteiger partial charge in [-0.25, -0.2) is 9.97 Å². The summed E-state index contributed by atoms with van der Waals surface area (Å²) in [4.78, 5) is 20.4. The number of primary amides is 1. The van der Waals surface area contributed by atoms with Crippen molar-refractivity contribution in [2.24, 2.45) is 5.73 Å². The van der Waals surface area contributed by atoms with Gasteiger partial charge in [0, 0.05) is 30.6 Å². The predicted molar refractivity (Wildman–Crippen MR) is 75.6 cm³/mol. The van der Waals surface area contributed by atoms with Crippen LogP contribution in [0.3, 0.4) is 0 Å². The summed E-state index contributed by atoms with van der Waals surface area (Å²) in [6.45, 7) is 1.31. The van der Waals surface area contributed by atoms with Gasteiger partial charge >= 0.3 is 6.18 Å². The molecule has 2 aromatic heterocycles. The molecular weight excluding hydrogens is 311 g/mol. The second-order valence-corrected chi connectivity index (χ2v) is 5.70. The molecule has 3 rings (SSSR count). The highest BCUT2D eigenvalue weighted by Crippen LogP contribution is 2.33. The molecule has 0 radical (unpaired) electrons. The molecule has 124 valence electrons. The number of aromatic nitrogens is 3. The molecule has 0 unspecified atom stereocenters. The lowest BCUT2D eigenvalue weighted by Crippen LogP contribution is -2.40. The van der Waals surface area contributed by atoms with Crippen molar-refractivity contribution >= 4 is 11.7 Å². The summed E-state index contributed by atoms with van der Waals surface area (Å²) < 4.78 is 40.7. The van der Waals surface area contributed by atoms with Crippen molar-refractivity contribution in [1.29, 1.82) is 0 Å².